The number of carbonyl (C=O) groups excluding carboxylic acids is 1. The zero-order valence-corrected chi connectivity index (χ0v) is 8.81. The van der Waals surface area contributed by atoms with Crippen LogP contribution < -0.4 is 10.6 Å². The summed E-state index contributed by atoms with van der Waals surface area (Å²) in [5.41, 5.74) is 6.16. The number of pyridine rings is 1. The van der Waals surface area contributed by atoms with Crippen LogP contribution in [0.2, 0.25) is 0 Å². The Balaban J connectivity index is 2.15. The highest BCUT2D eigenvalue weighted by Crippen LogP contribution is 2.46. The minimum Gasteiger partial charge on any atom is -0.329 e. The van der Waals surface area contributed by atoms with Crippen LogP contribution in [0, 0.1) is 5.41 Å². The lowest BCUT2D eigenvalue weighted by molar-refractivity contribution is -0.123. The first-order valence-electron chi connectivity index (χ1n) is 5.08. The minimum atomic E-state index is -0.287. The number of hydrogen-bond donors (Lipinski definition) is 1. The summed E-state index contributed by atoms with van der Waals surface area (Å²) >= 11 is 0. The first-order valence-corrected chi connectivity index (χ1v) is 5.08. The molecule has 0 spiro atoms. The second-order valence-corrected chi connectivity index (χ2v) is 4.06. The summed E-state index contributed by atoms with van der Waals surface area (Å²) < 4.78 is 0. The number of rotatable bonds is 3. The summed E-state index contributed by atoms with van der Waals surface area (Å²) in [6.07, 6.45) is 5.20. The largest absolute Gasteiger partial charge is 0.329 e. The highest BCUT2D eigenvalue weighted by Gasteiger charge is 2.50. The van der Waals surface area contributed by atoms with E-state index in [0.29, 0.717) is 6.54 Å². The highest BCUT2D eigenvalue weighted by atomic mass is 16.2. The summed E-state index contributed by atoms with van der Waals surface area (Å²) in [4.78, 5) is 17.7. The van der Waals surface area contributed by atoms with Gasteiger partial charge in [0.25, 0.3) is 0 Å². The molecule has 1 fully saturated rings. The van der Waals surface area contributed by atoms with E-state index in [4.69, 9.17) is 5.73 Å². The molecule has 0 aromatic carbocycles. The lowest BCUT2D eigenvalue weighted by Gasteiger charge is -2.22. The predicted molar refractivity (Wildman–Crippen MR) is 58.4 cm³/mol. The van der Waals surface area contributed by atoms with Crippen molar-refractivity contribution in [2.45, 2.75) is 12.8 Å². The Bertz CT molecular complexity index is 359. The smallest absolute Gasteiger partial charge is 0.234 e. The third-order valence-electron chi connectivity index (χ3n) is 3.04. The Kier molecular flexibility index (Phi) is 2.44. The molecule has 4 heteroatoms. The van der Waals surface area contributed by atoms with Crippen molar-refractivity contribution >= 4 is 11.6 Å². The number of amides is 1. The Morgan fingerprint density at radius 3 is 2.87 bits per heavy atom. The van der Waals surface area contributed by atoms with E-state index in [1.54, 1.807) is 24.3 Å². The molecular weight excluding hydrogens is 190 g/mol. The quantitative estimate of drug-likeness (QED) is 0.793. The van der Waals surface area contributed by atoms with Gasteiger partial charge in [-0.25, -0.2) is 0 Å². The lowest BCUT2D eigenvalue weighted by Crippen LogP contribution is -2.38. The Morgan fingerprint density at radius 1 is 1.67 bits per heavy atom. The van der Waals surface area contributed by atoms with Crippen molar-refractivity contribution in [3.05, 3.63) is 24.5 Å². The van der Waals surface area contributed by atoms with Crippen molar-refractivity contribution in [2.24, 2.45) is 11.1 Å². The fourth-order valence-corrected chi connectivity index (χ4v) is 1.68. The first kappa shape index (κ1) is 10.1. The maximum Gasteiger partial charge on any atom is 0.234 e. The van der Waals surface area contributed by atoms with Gasteiger partial charge in [0.1, 0.15) is 0 Å². The second-order valence-electron chi connectivity index (χ2n) is 4.06. The van der Waals surface area contributed by atoms with E-state index in [1.807, 2.05) is 12.1 Å². The summed E-state index contributed by atoms with van der Waals surface area (Å²) in [6, 6.07) is 3.69. The summed E-state index contributed by atoms with van der Waals surface area (Å²) in [5, 5.41) is 0. The molecule has 2 N–H and O–H groups in total. The van der Waals surface area contributed by atoms with Crippen molar-refractivity contribution in [1.29, 1.82) is 0 Å². The molecule has 0 radical (unpaired) electrons. The van der Waals surface area contributed by atoms with Crippen LogP contribution in [0.3, 0.4) is 0 Å². The molecule has 80 valence electrons. The van der Waals surface area contributed by atoms with Crippen molar-refractivity contribution < 1.29 is 4.79 Å². The number of nitrogens with two attached hydrogens (primary N) is 1. The molecule has 2 rings (SSSR count). The van der Waals surface area contributed by atoms with Crippen LogP contribution >= 0.6 is 0 Å². The fraction of sp³-hybridized carbons (Fsp3) is 0.455. The van der Waals surface area contributed by atoms with Gasteiger partial charge in [-0.2, -0.15) is 0 Å². The Hall–Kier alpha value is -1.42. The SMILES string of the molecule is CN(C(=O)C1(CN)CC1)c1cccnc1. The molecule has 0 saturated heterocycles. The minimum absolute atomic E-state index is 0.109. The standard InChI is InChI=1S/C11H15N3O/c1-14(9-3-2-6-13-7-9)10(15)11(8-12)4-5-11/h2-3,6-7H,4-5,8,12H2,1H3. The second kappa shape index (κ2) is 3.62. The van der Waals surface area contributed by atoms with E-state index in [2.05, 4.69) is 4.98 Å². The highest BCUT2D eigenvalue weighted by molar-refractivity contribution is 5.98. The molecule has 1 aromatic rings. The topological polar surface area (TPSA) is 59.2 Å². The molecule has 1 amide bonds. The summed E-state index contributed by atoms with van der Waals surface area (Å²) in [7, 11) is 1.77. The maximum atomic E-state index is 12.1. The summed E-state index contributed by atoms with van der Waals surface area (Å²) in [6.45, 7) is 0.441. The molecule has 0 aliphatic heterocycles. The third-order valence-corrected chi connectivity index (χ3v) is 3.04. The average Bonchev–Trinajstić information content (AvgIpc) is 3.09. The van der Waals surface area contributed by atoms with Gasteiger partial charge in [0.2, 0.25) is 5.91 Å². The predicted octanol–water partition coefficient (Wildman–Crippen LogP) is 0.783. The van der Waals surface area contributed by atoms with Gasteiger partial charge in [-0.3, -0.25) is 9.78 Å². The van der Waals surface area contributed by atoms with Crippen LogP contribution in [0.5, 0.6) is 0 Å². The van der Waals surface area contributed by atoms with Crippen LogP contribution in [0.1, 0.15) is 12.8 Å². The van der Waals surface area contributed by atoms with Crippen LogP contribution in [0.4, 0.5) is 5.69 Å². The van der Waals surface area contributed by atoms with E-state index >= 15 is 0 Å². The number of aromatic nitrogens is 1. The number of carbonyl (C=O) groups is 1. The van der Waals surface area contributed by atoms with E-state index in [1.165, 1.54) is 0 Å². The molecule has 15 heavy (non-hydrogen) atoms. The first-order chi connectivity index (χ1) is 7.19. The average molecular weight is 205 g/mol. The Morgan fingerprint density at radius 2 is 2.40 bits per heavy atom. The third kappa shape index (κ3) is 1.72. The number of hydrogen-bond acceptors (Lipinski definition) is 3. The monoisotopic (exact) mass is 205 g/mol. The zero-order valence-electron chi connectivity index (χ0n) is 8.81. The van der Waals surface area contributed by atoms with E-state index in [0.717, 1.165) is 18.5 Å². The fourth-order valence-electron chi connectivity index (χ4n) is 1.68. The molecule has 1 aliphatic carbocycles. The van der Waals surface area contributed by atoms with Gasteiger partial charge in [0.15, 0.2) is 0 Å². The van der Waals surface area contributed by atoms with E-state index in [-0.39, 0.29) is 11.3 Å². The normalized spacial score (nSPS) is 17.2. The zero-order chi connectivity index (χ0) is 10.9. The van der Waals surface area contributed by atoms with Gasteiger partial charge in [-0.15, -0.1) is 0 Å². The molecule has 0 unspecified atom stereocenters. The number of anilines is 1. The van der Waals surface area contributed by atoms with Gasteiger partial charge in [0, 0.05) is 19.8 Å². The van der Waals surface area contributed by atoms with E-state index < -0.39 is 0 Å². The lowest BCUT2D eigenvalue weighted by atomic mass is 10.1. The Labute approximate surface area is 89.1 Å². The molecule has 1 aliphatic rings. The van der Waals surface area contributed by atoms with Gasteiger partial charge >= 0.3 is 0 Å². The van der Waals surface area contributed by atoms with Crippen LogP contribution in [0.15, 0.2) is 24.5 Å². The molecule has 0 atom stereocenters. The van der Waals surface area contributed by atoms with Crippen molar-refractivity contribution in [3.63, 3.8) is 0 Å². The van der Waals surface area contributed by atoms with Crippen molar-refractivity contribution in [3.8, 4) is 0 Å². The van der Waals surface area contributed by atoms with Crippen LogP contribution in [-0.4, -0.2) is 24.5 Å². The van der Waals surface area contributed by atoms with Gasteiger partial charge in [0.05, 0.1) is 17.3 Å². The van der Waals surface area contributed by atoms with Gasteiger partial charge in [-0.05, 0) is 25.0 Å². The maximum absolute atomic E-state index is 12.1. The van der Waals surface area contributed by atoms with Crippen LogP contribution in [0.25, 0.3) is 0 Å². The molecule has 4 nitrogen and oxygen atoms in total. The van der Waals surface area contributed by atoms with Gasteiger partial charge in [-0.1, -0.05) is 0 Å². The van der Waals surface area contributed by atoms with Crippen molar-refractivity contribution in [1.82, 2.24) is 4.98 Å². The molecule has 1 aromatic heterocycles. The molecule has 1 heterocycles. The van der Waals surface area contributed by atoms with Crippen molar-refractivity contribution in [2.75, 3.05) is 18.5 Å². The van der Waals surface area contributed by atoms with Gasteiger partial charge < -0.3 is 10.6 Å². The molecular formula is C11H15N3O. The molecule has 0 bridgehead atoms. The number of nitrogens with zero attached hydrogens (tertiary/aromatic N) is 2. The summed E-state index contributed by atoms with van der Waals surface area (Å²) in [5.74, 6) is 0.109. The van der Waals surface area contributed by atoms with E-state index in [9.17, 15) is 4.79 Å². The van der Waals surface area contributed by atoms with Crippen LogP contribution in [-0.2, 0) is 4.79 Å². The molecule has 1 saturated carbocycles.